The van der Waals surface area contributed by atoms with Crippen molar-refractivity contribution in [2.24, 2.45) is 5.73 Å². The molecular formula is C32H29N3O3. The quantitative estimate of drug-likeness (QED) is 0.250. The summed E-state index contributed by atoms with van der Waals surface area (Å²) in [5, 5.41) is 4.05. The lowest BCUT2D eigenvalue weighted by Gasteiger charge is -2.14. The van der Waals surface area contributed by atoms with Crippen LogP contribution >= 0.6 is 0 Å². The molecule has 190 valence electrons. The van der Waals surface area contributed by atoms with Gasteiger partial charge in [0.25, 0.3) is 5.91 Å². The molecule has 6 nitrogen and oxygen atoms in total. The average molecular weight is 504 g/mol. The number of para-hydroxylation sites is 2. The number of nitrogens with two attached hydrogens (primary N) is 1. The topological polar surface area (TPSA) is 86.3 Å². The number of rotatable bonds is 8. The molecule has 0 atom stereocenters. The lowest BCUT2D eigenvalue weighted by atomic mass is 9.97. The fraction of sp³-hybridized carbons (Fsp3) is 0.125. The average Bonchev–Trinajstić information content (AvgIpc) is 3.38. The summed E-state index contributed by atoms with van der Waals surface area (Å²) in [5.74, 6) is -0.598. The highest BCUT2D eigenvalue weighted by atomic mass is 16.5. The van der Waals surface area contributed by atoms with Gasteiger partial charge in [0.15, 0.2) is 0 Å². The zero-order chi connectivity index (χ0) is 26.5. The van der Waals surface area contributed by atoms with Gasteiger partial charge in [0, 0.05) is 35.1 Å². The van der Waals surface area contributed by atoms with Crippen molar-refractivity contribution in [2.75, 3.05) is 11.9 Å². The minimum absolute atomic E-state index is 0.0807. The predicted molar refractivity (Wildman–Crippen MR) is 151 cm³/mol. The van der Waals surface area contributed by atoms with E-state index in [0.717, 1.165) is 33.3 Å². The van der Waals surface area contributed by atoms with Gasteiger partial charge in [-0.15, -0.1) is 0 Å². The van der Waals surface area contributed by atoms with Gasteiger partial charge in [-0.3, -0.25) is 9.59 Å². The van der Waals surface area contributed by atoms with Gasteiger partial charge in [0.05, 0.1) is 18.5 Å². The Hall–Kier alpha value is -4.68. The normalized spacial score (nSPS) is 10.9. The summed E-state index contributed by atoms with van der Waals surface area (Å²) in [6, 6.07) is 31.3. The van der Waals surface area contributed by atoms with E-state index in [2.05, 4.69) is 22.0 Å². The second kappa shape index (κ2) is 11.2. The Morgan fingerprint density at radius 3 is 2.47 bits per heavy atom. The van der Waals surface area contributed by atoms with Crippen LogP contribution in [0.4, 0.5) is 5.69 Å². The number of nitrogens with zero attached hydrogens (tertiary/aromatic N) is 1. The number of aromatic nitrogens is 1. The number of fused-ring (bicyclic) bond motifs is 1. The molecule has 0 spiro atoms. The van der Waals surface area contributed by atoms with E-state index < -0.39 is 0 Å². The molecule has 0 radical (unpaired) electrons. The fourth-order valence-corrected chi connectivity index (χ4v) is 4.65. The monoisotopic (exact) mass is 503 g/mol. The Kier molecular flexibility index (Phi) is 7.33. The summed E-state index contributed by atoms with van der Waals surface area (Å²) in [5.41, 5.74) is 12.6. The van der Waals surface area contributed by atoms with Crippen molar-refractivity contribution in [3.63, 3.8) is 0 Å². The largest absolute Gasteiger partial charge is 0.466 e. The number of amides is 1. The molecule has 3 N–H and O–H groups in total. The lowest BCUT2D eigenvalue weighted by molar-refractivity contribution is -0.142. The number of nitrogens with one attached hydrogen (secondary N) is 1. The molecule has 6 heteroatoms. The first-order valence-electron chi connectivity index (χ1n) is 12.6. The Morgan fingerprint density at radius 2 is 1.68 bits per heavy atom. The molecule has 1 amide bonds. The van der Waals surface area contributed by atoms with Crippen LogP contribution in [-0.2, 0) is 22.5 Å². The van der Waals surface area contributed by atoms with Crippen LogP contribution in [0.15, 0.2) is 103 Å². The smallest absolute Gasteiger partial charge is 0.310 e. The zero-order valence-corrected chi connectivity index (χ0v) is 21.2. The Bertz CT molecular complexity index is 1610. The number of ether oxygens (including phenoxy) is 1. The third-order valence-electron chi connectivity index (χ3n) is 6.48. The first-order valence-corrected chi connectivity index (χ1v) is 12.6. The molecule has 5 rings (SSSR count). The lowest BCUT2D eigenvalue weighted by Crippen LogP contribution is -2.15. The summed E-state index contributed by atoms with van der Waals surface area (Å²) < 4.78 is 7.19. The predicted octanol–water partition coefficient (Wildman–Crippen LogP) is 6.11. The van der Waals surface area contributed by atoms with E-state index in [1.807, 2.05) is 85.1 Å². The molecule has 0 aliphatic rings. The second-order valence-corrected chi connectivity index (χ2v) is 8.98. The van der Waals surface area contributed by atoms with Gasteiger partial charge in [-0.2, -0.15) is 0 Å². The van der Waals surface area contributed by atoms with Crippen molar-refractivity contribution >= 4 is 28.5 Å². The standard InChI is InChI=1S/C32H29N3O3/c1-2-38-31(36)20-24-10-6-7-14-29(24)34-32(37)25-18-28(23-11-8-9-22(17-23)21-33)27-15-16-35(30(27)19-25)26-12-4-3-5-13-26/h3-19H,2,20-21,33H2,1H3,(H,34,37). The maximum atomic E-state index is 13.6. The highest BCUT2D eigenvalue weighted by Crippen LogP contribution is 2.33. The minimum atomic E-state index is -0.335. The molecule has 1 heterocycles. The van der Waals surface area contributed by atoms with Crippen LogP contribution in [0, 0.1) is 0 Å². The summed E-state index contributed by atoms with van der Waals surface area (Å²) in [7, 11) is 0. The first kappa shape index (κ1) is 25.0. The van der Waals surface area contributed by atoms with Crippen molar-refractivity contribution < 1.29 is 14.3 Å². The van der Waals surface area contributed by atoms with Crippen LogP contribution in [0.1, 0.15) is 28.4 Å². The molecule has 0 bridgehead atoms. The van der Waals surface area contributed by atoms with Crippen LogP contribution in [0.2, 0.25) is 0 Å². The third kappa shape index (κ3) is 5.21. The summed E-state index contributed by atoms with van der Waals surface area (Å²) in [4.78, 5) is 25.8. The van der Waals surface area contributed by atoms with E-state index in [9.17, 15) is 9.59 Å². The van der Waals surface area contributed by atoms with Crippen molar-refractivity contribution in [1.29, 1.82) is 0 Å². The number of anilines is 1. The van der Waals surface area contributed by atoms with E-state index in [1.54, 1.807) is 13.0 Å². The Morgan fingerprint density at radius 1 is 0.895 bits per heavy atom. The van der Waals surface area contributed by atoms with E-state index in [4.69, 9.17) is 10.5 Å². The Labute approximate surface area is 221 Å². The van der Waals surface area contributed by atoms with Gasteiger partial charge >= 0.3 is 5.97 Å². The van der Waals surface area contributed by atoms with E-state index >= 15 is 0 Å². The molecule has 1 aromatic heterocycles. The summed E-state index contributed by atoms with van der Waals surface area (Å²) in [6.45, 7) is 2.51. The molecule has 0 saturated heterocycles. The fourth-order valence-electron chi connectivity index (χ4n) is 4.65. The molecule has 0 unspecified atom stereocenters. The van der Waals surface area contributed by atoms with E-state index in [0.29, 0.717) is 30.0 Å². The molecule has 0 saturated carbocycles. The van der Waals surface area contributed by atoms with Crippen LogP contribution < -0.4 is 11.1 Å². The van der Waals surface area contributed by atoms with Gasteiger partial charge < -0.3 is 20.4 Å². The van der Waals surface area contributed by atoms with Gasteiger partial charge in [-0.1, -0.05) is 54.6 Å². The van der Waals surface area contributed by atoms with E-state index in [1.165, 1.54) is 0 Å². The Balaban J connectivity index is 1.60. The molecule has 38 heavy (non-hydrogen) atoms. The molecule has 0 aliphatic carbocycles. The highest BCUT2D eigenvalue weighted by molar-refractivity contribution is 6.09. The van der Waals surface area contributed by atoms with Crippen LogP contribution in [0.25, 0.3) is 27.7 Å². The van der Waals surface area contributed by atoms with Crippen molar-refractivity contribution in [3.8, 4) is 16.8 Å². The molecule has 0 aliphatic heterocycles. The van der Waals surface area contributed by atoms with Crippen molar-refractivity contribution in [3.05, 3.63) is 120 Å². The summed E-state index contributed by atoms with van der Waals surface area (Å²) in [6.07, 6.45) is 2.10. The number of esters is 1. The molecule has 4 aromatic carbocycles. The maximum absolute atomic E-state index is 13.6. The van der Waals surface area contributed by atoms with Crippen molar-refractivity contribution in [1.82, 2.24) is 4.57 Å². The molecule has 0 fully saturated rings. The van der Waals surface area contributed by atoms with Gasteiger partial charge in [0.2, 0.25) is 0 Å². The minimum Gasteiger partial charge on any atom is -0.466 e. The molecule has 5 aromatic rings. The highest BCUT2D eigenvalue weighted by Gasteiger charge is 2.17. The van der Waals surface area contributed by atoms with Crippen LogP contribution in [0.5, 0.6) is 0 Å². The first-order chi connectivity index (χ1) is 18.6. The van der Waals surface area contributed by atoms with Crippen molar-refractivity contribution in [2.45, 2.75) is 19.9 Å². The van der Waals surface area contributed by atoms with Gasteiger partial charge in [-0.25, -0.2) is 0 Å². The summed E-state index contributed by atoms with van der Waals surface area (Å²) >= 11 is 0. The number of benzene rings is 4. The van der Waals surface area contributed by atoms with Gasteiger partial charge in [0.1, 0.15) is 0 Å². The number of carbonyl (C=O) groups is 2. The maximum Gasteiger partial charge on any atom is 0.310 e. The SMILES string of the molecule is CCOC(=O)Cc1ccccc1NC(=O)c1cc(-c2cccc(CN)c2)c2ccn(-c3ccccc3)c2c1. The number of carbonyl (C=O) groups excluding carboxylic acids is 2. The number of hydrogen-bond donors (Lipinski definition) is 2. The van der Waals surface area contributed by atoms with Crippen LogP contribution in [-0.4, -0.2) is 23.1 Å². The zero-order valence-electron chi connectivity index (χ0n) is 21.2. The van der Waals surface area contributed by atoms with E-state index in [-0.39, 0.29) is 18.3 Å². The second-order valence-electron chi connectivity index (χ2n) is 8.98. The van der Waals surface area contributed by atoms with Crippen LogP contribution in [0.3, 0.4) is 0 Å². The number of hydrogen-bond acceptors (Lipinski definition) is 4. The third-order valence-corrected chi connectivity index (χ3v) is 6.48. The van der Waals surface area contributed by atoms with Gasteiger partial charge in [-0.05, 0) is 71.6 Å². The molecular weight excluding hydrogens is 474 g/mol.